The van der Waals surface area contributed by atoms with Crippen LogP contribution in [0, 0.1) is 11.8 Å². The molecule has 0 N–H and O–H groups in total. The van der Waals surface area contributed by atoms with Crippen molar-refractivity contribution in [2.24, 2.45) is 11.8 Å². The molecule has 1 fully saturated rings. The summed E-state index contributed by atoms with van der Waals surface area (Å²) in [5, 5.41) is 0. The smallest absolute Gasteiger partial charge is 0.404 e. The molecule has 3 atom stereocenters. The molecule has 0 aromatic carbocycles. The highest BCUT2D eigenvalue weighted by Gasteiger charge is 2.26. The maximum atomic E-state index is 10.4. The van der Waals surface area contributed by atoms with Gasteiger partial charge in [-0.2, -0.15) is 0 Å². The minimum atomic E-state index is -0.665. The van der Waals surface area contributed by atoms with Gasteiger partial charge in [-0.05, 0) is 31.1 Å². The van der Waals surface area contributed by atoms with E-state index >= 15 is 0 Å². The van der Waals surface area contributed by atoms with Gasteiger partial charge in [-0.1, -0.05) is 13.8 Å². The molecule has 0 amide bonds. The summed E-state index contributed by atoms with van der Waals surface area (Å²) in [4.78, 5) is 10.4. The van der Waals surface area contributed by atoms with Crippen molar-refractivity contribution in [3.63, 3.8) is 0 Å². The molecule has 0 heterocycles. The molecule has 3 unspecified atom stereocenters. The number of hydrogen-bond acceptors (Lipinski definition) is 2. The van der Waals surface area contributed by atoms with Crippen LogP contribution >= 0.6 is 11.6 Å². The van der Waals surface area contributed by atoms with E-state index in [1.165, 1.54) is 0 Å². The summed E-state index contributed by atoms with van der Waals surface area (Å²) in [7, 11) is 0. The van der Waals surface area contributed by atoms with E-state index in [0.717, 1.165) is 25.2 Å². The quantitative estimate of drug-likeness (QED) is 0.594. The fourth-order valence-electron chi connectivity index (χ4n) is 1.74. The molecular formula is C9H15ClO2. The van der Waals surface area contributed by atoms with Crippen molar-refractivity contribution in [1.82, 2.24) is 0 Å². The zero-order valence-corrected chi connectivity index (χ0v) is 8.30. The van der Waals surface area contributed by atoms with Gasteiger partial charge in [0.05, 0.1) is 0 Å². The lowest BCUT2D eigenvalue weighted by molar-refractivity contribution is 0.0627. The Morgan fingerprint density at radius 3 is 2.50 bits per heavy atom. The van der Waals surface area contributed by atoms with Gasteiger partial charge >= 0.3 is 5.43 Å². The monoisotopic (exact) mass is 190 g/mol. The molecule has 0 spiro atoms. The van der Waals surface area contributed by atoms with Crippen LogP contribution < -0.4 is 0 Å². The summed E-state index contributed by atoms with van der Waals surface area (Å²) in [5.74, 6) is 1.38. The van der Waals surface area contributed by atoms with Gasteiger partial charge in [-0.15, -0.1) is 0 Å². The Morgan fingerprint density at radius 2 is 2.00 bits per heavy atom. The summed E-state index contributed by atoms with van der Waals surface area (Å²) in [5.41, 5.74) is -0.665. The molecule has 0 bridgehead atoms. The van der Waals surface area contributed by atoms with Gasteiger partial charge in [0.1, 0.15) is 6.10 Å². The van der Waals surface area contributed by atoms with Gasteiger partial charge < -0.3 is 4.74 Å². The molecule has 2 nitrogen and oxygen atoms in total. The zero-order chi connectivity index (χ0) is 9.14. The molecule has 0 saturated heterocycles. The van der Waals surface area contributed by atoms with Crippen LogP contribution in [0.15, 0.2) is 0 Å². The SMILES string of the molecule is CC1CCC(OC(=O)Cl)CC1C. The van der Waals surface area contributed by atoms with Crippen molar-refractivity contribution < 1.29 is 9.53 Å². The van der Waals surface area contributed by atoms with Gasteiger partial charge in [-0.3, -0.25) is 0 Å². The van der Waals surface area contributed by atoms with Gasteiger partial charge in [0.2, 0.25) is 0 Å². The molecule has 0 aliphatic heterocycles. The molecule has 1 aliphatic carbocycles. The van der Waals surface area contributed by atoms with Crippen LogP contribution in [0.4, 0.5) is 4.79 Å². The standard InChI is InChI=1S/C9H15ClO2/c1-6-3-4-8(5-7(6)2)12-9(10)11/h6-8H,3-5H2,1-2H3. The molecule has 3 heteroatoms. The van der Waals surface area contributed by atoms with E-state index in [2.05, 4.69) is 13.8 Å². The first-order valence-electron chi connectivity index (χ1n) is 4.45. The van der Waals surface area contributed by atoms with Crippen LogP contribution in [0.2, 0.25) is 0 Å². The average molecular weight is 191 g/mol. The van der Waals surface area contributed by atoms with Crippen LogP contribution in [0.3, 0.4) is 0 Å². The third-order valence-electron chi connectivity index (χ3n) is 2.81. The predicted molar refractivity (Wildman–Crippen MR) is 48.3 cm³/mol. The number of ether oxygens (including phenoxy) is 1. The summed E-state index contributed by atoms with van der Waals surface area (Å²) in [6, 6.07) is 0. The van der Waals surface area contributed by atoms with Crippen LogP contribution in [0.5, 0.6) is 0 Å². The largest absolute Gasteiger partial charge is 0.450 e. The van der Waals surface area contributed by atoms with Crippen LogP contribution in [0.25, 0.3) is 0 Å². The van der Waals surface area contributed by atoms with E-state index in [1.54, 1.807) is 0 Å². The van der Waals surface area contributed by atoms with Gasteiger partial charge in [-0.25, -0.2) is 4.79 Å². The molecule has 0 aromatic rings. The van der Waals surface area contributed by atoms with E-state index in [-0.39, 0.29) is 6.10 Å². The van der Waals surface area contributed by atoms with Crippen molar-refractivity contribution in [3.8, 4) is 0 Å². The molecule has 0 radical (unpaired) electrons. The number of carbonyl (C=O) groups is 1. The highest BCUT2D eigenvalue weighted by Crippen LogP contribution is 2.31. The summed E-state index contributed by atoms with van der Waals surface area (Å²) >= 11 is 5.13. The second-order valence-electron chi connectivity index (χ2n) is 3.75. The third kappa shape index (κ3) is 2.67. The van der Waals surface area contributed by atoms with Gasteiger partial charge in [0, 0.05) is 11.6 Å². The highest BCUT2D eigenvalue weighted by atomic mass is 35.5. The first-order chi connectivity index (χ1) is 5.59. The van der Waals surface area contributed by atoms with Crippen LogP contribution in [-0.2, 0) is 4.74 Å². The Bertz CT molecular complexity index is 170. The van der Waals surface area contributed by atoms with E-state index in [1.807, 2.05) is 0 Å². The van der Waals surface area contributed by atoms with Crippen molar-refractivity contribution in [3.05, 3.63) is 0 Å². The average Bonchev–Trinajstić information content (AvgIpc) is 1.96. The number of rotatable bonds is 1. The van der Waals surface area contributed by atoms with E-state index < -0.39 is 5.43 Å². The van der Waals surface area contributed by atoms with E-state index in [9.17, 15) is 4.79 Å². The highest BCUT2D eigenvalue weighted by molar-refractivity contribution is 6.61. The van der Waals surface area contributed by atoms with Gasteiger partial charge in [0.15, 0.2) is 0 Å². The Hall–Kier alpha value is -0.240. The number of halogens is 1. The molecule has 1 rings (SSSR count). The summed E-state index contributed by atoms with van der Waals surface area (Å²) in [6.45, 7) is 4.43. The normalized spacial score (nSPS) is 36.1. The minimum absolute atomic E-state index is 0.0567. The maximum absolute atomic E-state index is 10.4. The molecule has 0 aromatic heterocycles. The second-order valence-corrected chi connectivity index (χ2v) is 4.05. The Labute approximate surface area is 78.2 Å². The predicted octanol–water partition coefficient (Wildman–Crippen LogP) is 3.19. The molecule has 12 heavy (non-hydrogen) atoms. The number of hydrogen-bond donors (Lipinski definition) is 0. The third-order valence-corrected chi connectivity index (χ3v) is 2.90. The first kappa shape index (κ1) is 9.85. The van der Waals surface area contributed by atoms with Crippen molar-refractivity contribution in [1.29, 1.82) is 0 Å². The van der Waals surface area contributed by atoms with Crippen molar-refractivity contribution in [2.75, 3.05) is 0 Å². The Kier molecular flexibility index (Phi) is 3.39. The molecule has 1 aliphatic rings. The van der Waals surface area contributed by atoms with Gasteiger partial charge in [0.25, 0.3) is 0 Å². The maximum Gasteiger partial charge on any atom is 0.404 e. The summed E-state index contributed by atoms with van der Waals surface area (Å²) < 4.78 is 4.94. The topological polar surface area (TPSA) is 26.3 Å². The van der Waals surface area contributed by atoms with E-state index in [4.69, 9.17) is 16.3 Å². The Morgan fingerprint density at radius 1 is 1.33 bits per heavy atom. The second kappa shape index (κ2) is 4.13. The lowest BCUT2D eigenvalue weighted by atomic mass is 9.80. The van der Waals surface area contributed by atoms with Crippen molar-refractivity contribution >= 4 is 17.0 Å². The van der Waals surface area contributed by atoms with E-state index in [0.29, 0.717) is 5.92 Å². The lowest BCUT2D eigenvalue weighted by Crippen LogP contribution is -2.27. The minimum Gasteiger partial charge on any atom is -0.450 e. The lowest BCUT2D eigenvalue weighted by Gasteiger charge is -2.30. The zero-order valence-electron chi connectivity index (χ0n) is 7.55. The molecule has 1 saturated carbocycles. The molecular weight excluding hydrogens is 176 g/mol. The fourth-order valence-corrected chi connectivity index (χ4v) is 1.86. The Balaban J connectivity index is 2.35. The first-order valence-corrected chi connectivity index (χ1v) is 4.83. The molecule has 70 valence electrons. The van der Waals surface area contributed by atoms with Crippen LogP contribution in [0.1, 0.15) is 33.1 Å². The van der Waals surface area contributed by atoms with Crippen LogP contribution in [-0.4, -0.2) is 11.5 Å². The van der Waals surface area contributed by atoms with Crippen molar-refractivity contribution in [2.45, 2.75) is 39.2 Å². The summed E-state index contributed by atoms with van der Waals surface area (Å²) in [6.07, 6.45) is 3.11. The fraction of sp³-hybridized carbons (Fsp3) is 0.889. The number of carbonyl (C=O) groups excluding carboxylic acids is 1.